The number of carboxylic acids is 1. The van der Waals surface area contributed by atoms with E-state index in [0.29, 0.717) is 13.0 Å². The normalized spacial score (nSPS) is 19.7. The Kier molecular flexibility index (Phi) is 6.20. The number of benzene rings is 1. The number of likely N-dealkylation sites (N-methyl/N-ethyl adjacent to an activating group) is 1. The fourth-order valence-electron chi connectivity index (χ4n) is 3.12. The number of carbonyl (C=O) groups excluding carboxylic acids is 1. The van der Waals surface area contributed by atoms with Crippen LogP contribution in [0.1, 0.15) is 30.9 Å². The van der Waals surface area contributed by atoms with Crippen molar-refractivity contribution in [2.24, 2.45) is 0 Å². The average Bonchev–Trinajstić information content (AvgIpc) is 2.50. The third-order valence-corrected chi connectivity index (χ3v) is 4.58. The van der Waals surface area contributed by atoms with Crippen LogP contribution in [0.15, 0.2) is 18.2 Å². The van der Waals surface area contributed by atoms with Crippen molar-refractivity contribution in [2.75, 3.05) is 20.2 Å². The largest absolute Gasteiger partial charge is 0.496 e. The topological polar surface area (TPSA) is 78.9 Å². The maximum absolute atomic E-state index is 12.2. The Morgan fingerprint density at radius 2 is 2.08 bits per heavy atom. The van der Waals surface area contributed by atoms with Crippen molar-refractivity contribution in [1.82, 2.24) is 10.2 Å². The van der Waals surface area contributed by atoms with Crippen molar-refractivity contribution in [1.29, 1.82) is 0 Å². The molecule has 2 rings (SSSR count). The average molecular weight is 334 g/mol. The zero-order valence-corrected chi connectivity index (χ0v) is 14.5. The second kappa shape index (κ2) is 8.15. The molecule has 0 aromatic heterocycles. The summed E-state index contributed by atoms with van der Waals surface area (Å²) in [5, 5.41) is 11.9. The number of carbonyl (C=O) groups is 2. The number of hydrogen-bond acceptors (Lipinski definition) is 4. The number of methoxy groups -OCH3 is 1. The number of aliphatic carboxylic acids is 1. The fourth-order valence-corrected chi connectivity index (χ4v) is 3.12. The van der Waals surface area contributed by atoms with E-state index in [1.54, 1.807) is 7.11 Å². The molecule has 0 atom stereocenters. The molecule has 6 heteroatoms. The van der Waals surface area contributed by atoms with Crippen molar-refractivity contribution < 1.29 is 19.4 Å². The van der Waals surface area contributed by atoms with Crippen LogP contribution in [0, 0.1) is 6.92 Å². The predicted molar refractivity (Wildman–Crippen MR) is 91.3 cm³/mol. The lowest BCUT2D eigenvalue weighted by atomic mass is 9.85. The lowest BCUT2D eigenvalue weighted by Gasteiger charge is -2.42. The minimum absolute atomic E-state index is 0.00867. The van der Waals surface area contributed by atoms with Crippen LogP contribution in [0.2, 0.25) is 0 Å². The Labute approximate surface area is 142 Å². The van der Waals surface area contributed by atoms with Gasteiger partial charge in [-0.3, -0.25) is 14.5 Å². The minimum atomic E-state index is -0.808. The lowest BCUT2D eigenvalue weighted by molar-refractivity contribution is -0.139. The zero-order valence-electron chi connectivity index (χ0n) is 14.5. The predicted octanol–water partition coefficient (Wildman–Crippen LogP) is 1.60. The molecule has 0 unspecified atom stereocenters. The molecule has 1 aromatic carbocycles. The Bertz CT molecular complexity index is 597. The summed E-state index contributed by atoms with van der Waals surface area (Å²) >= 11 is 0. The van der Waals surface area contributed by atoms with E-state index in [-0.39, 0.29) is 24.5 Å². The molecule has 0 radical (unpaired) electrons. The van der Waals surface area contributed by atoms with Crippen molar-refractivity contribution in [3.8, 4) is 5.75 Å². The number of nitrogens with zero attached hydrogens (tertiary/aromatic N) is 1. The molecule has 0 heterocycles. The molecule has 0 saturated heterocycles. The molecule has 0 bridgehead atoms. The van der Waals surface area contributed by atoms with Gasteiger partial charge in [0.05, 0.1) is 20.1 Å². The highest BCUT2D eigenvalue weighted by molar-refractivity contribution is 5.79. The van der Waals surface area contributed by atoms with Crippen LogP contribution in [-0.2, 0) is 16.0 Å². The van der Waals surface area contributed by atoms with Gasteiger partial charge in [-0.05, 0) is 43.5 Å². The molecule has 0 aliphatic heterocycles. The highest BCUT2D eigenvalue weighted by Crippen LogP contribution is 2.26. The maximum atomic E-state index is 12.2. The van der Waals surface area contributed by atoms with E-state index in [0.717, 1.165) is 29.7 Å². The van der Waals surface area contributed by atoms with Crippen LogP contribution in [-0.4, -0.2) is 54.2 Å². The van der Waals surface area contributed by atoms with Crippen molar-refractivity contribution >= 4 is 11.9 Å². The van der Waals surface area contributed by atoms with Crippen molar-refractivity contribution in [3.63, 3.8) is 0 Å². The first kappa shape index (κ1) is 18.3. The van der Waals surface area contributed by atoms with Crippen LogP contribution in [0.5, 0.6) is 5.75 Å². The molecule has 6 nitrogen and oxygen atoms in total. The van der Waals surface area contributed by atoms with E-state index in [4.69, 9.17) is 9.84 Å². The van der Waals surface area contributed by atoms with E-state index in [9.17, 15) is 9.59 Å². The molecular weight excluding hydrogens is 308 g/mol. The van der Waals surface area contributed by atoms with Gasteiger partial charge in [-0.1, -0.05) is 19.1 Å². The fraction of sp³-hybridized carbons (Fsp3) is 0.556. The molecule has 1 aliphatic rings. The number of carboxylic acid groups (broad SMARTS) is 1. The second-order valence-electron chi connectivity index (χ2n) is 6.33. The second-order valence-corrected chi connectivity index (χ2v) is 6.33. The van der Waals surface area contributed by atoms with Gasteiger partial charge in [0, 0.05) is 12.1 Å². The van der Waals surface area contributed by atoms with Gasteiger partial charge in [0.15, 0.2) is 0 Å². The summed E-state index contributed by atoms with van der Waals surface area (Å²) < 4.78 is 5.28. The monoisotopic (exact) mass is 334 g/mol. The first-order chi connectivity index (χ1) is 11.4. The molecule has 1 aliphatic carbocycles. The summed E-state index contributed by atoms with van der Waals surface area (Å²) in [6, 6.07) is 6.16. The van der Waals surface area contributed by atoms with Gasteiger partial charge >= 0.3 is 5.97 Å². The van der Waals surface area contributed by atoms with Gasteiger partial charge in [0.25, 0.3) is 0 Å². The SMILES string of the molecule is CCN(CC(=O)O)C1CC(NC(=O)Cc2ccc(C)c(OC)c2)C1. The molecule has 1 amide bonds. The highest BCUT2D eigenvalue weighted by atomic mass is 16.5. The van der Waals surface area contributed by atoms with E-state index < -0.39 is 5.97 Å². The number of rotatable bonds is 8. The van der Waals surface area contributed by atoms with Gasteiger partial charge < -0.3 is 15.2 Å². The van der Waals surface area contributed by atoms with Crippen molar-refractivity contribution in [3.05, 3.63) is 29.3 Å². The Morgan fingerprint density at radius 1 is 1.38 bits per heavy atom. The first-order valence-corrected chi connectivity index (χ1v) is 8.31. The van der Waals surface area contributed by atoms with Gasteiger partial charge in [-0.25, -0.2) is 0 Å². The molecule has 1 fully saturated rings. The molecule has 1 saturated carbocycles. The number of ether oxygens (including phenoxy) is 1. The number of amides is 1. The lowest BCUT2D eigenvalue weighted by Crippen LogP contribution is -2.55. The Morgan fingerprint density at radius 3 is 2.67 bits per heavy atom. The summed E-state index contributed by atoms with van der Waals surface area (Å²) in [5.41, 5.74) is 1.97. The smallest absolute Gasteiger partial charge is 0.317 e. The summed E-state index contributed by atoms with van der Waals surface area (Å²) in [6.07, 6.45) is 1.94. The van der Waals surface area contributed by atoms with Crippen LogP contribution < -0.4 is 10.1 Å². The molecule has 24 heavy (non-hydrogen) atoms. The van der Waals surface area contributed by atoms with Gasteiger partial charge in [-0.2, -0.15) is 0 Å². The van der Waals surface area contributed by atoms with Crippen LogP contribution >= 0.6 is 0 Å². The summed E-state index contributed by atoms with van der Waals surface area (Å²) in [6.45, 7) is 4.69. The quantitative estimate of drug-likeness (QED) is 0.755. The minimum Gasteiger partial charge on any atom is -0.496 e. The molecular formula is C18H26N2O4. The van der Waals surface area contributed by atoms with Gasteiger partial charge in [0.2, 0.25) is 5.91 Å². The number of aryl methyl sites for hydroxylation is 1. The Balaban J connectivity index is 1.79. The molecule has 0 spiro atoms. The zero-order chi connectivity index (χ0) is 17.7. The third-order valence-electron chi connectivity index (χ3n) is 4.58. The Hall–Kier alpha value is -2.08. The van der Waals surface area contributed by atoms with Crippen LogP contribution in [0.4, 0.5) is 0 Å². The van der Waals surface area contributed by atoms with E-state index in [1.165, 1.54) is 0 Å². The van der Waals surface area contributed by atoms with E-state index >= 15 is 0 Å². The summed E-state index contributed by atoms with van der Waals surface area (Å²) in [5.74, 6) is -0.0282. The molecule has 1 aromatic rings. The molecule has 2 N–H and O–H groups in total. The third kappa shape index (κ3) is 4.71. The first-order valence-electron chi connectivity index (χ1n) is 8.31. The summed E-state index contributed by atoms with van der Waals surface area (Å²) in [4.78, 5) is 24.9. The van der Waals surface area contributed by atoms with Gasteiger partial charge in [0.1, 0.15) is 5.75 Å². The van der Waals surface area contributed by atoms with E-state index in [2.05, 4.69) is 5.32 Å². The van der Waals surface area contributed by atoms with Gasteiger partial charge in [-0.15, -0.1) is 0 Å². The summed E-state index contributed by atoms with van der Waals surface area (Å²) in [7, 11) is 1.62. The van der Waals surface area contributed by atoms with Crippen LogP contribution in [0.25, 0.3) is 0 Å². The van der Waals surface area contributed by atoms with Crippen LogP contribution in [0.3, 0.4) is 0 Å². The maximum Gasteiger partial charge on any atom is 0.317 e. The molecule has 132 valence electrons. The number of nitrogens with one attached hydrogen (secondary N) is 1. The van der Waals surface area contributed by atoms with E-state index in [1.807, 2.05) is 36.9 Å². The standard InChI is InChI=1S/C18H26N2O4/c1-4-20(11-18(22)23)15-9-14(10-15)19-17(21)8-13-6-5-12(2)16(7-13)24-3/h5-7,14-15H,4,8-11H2,1-3H3,(H,19,21)(H,22,23). The van der Waals surface area contributed by atoms with Crippen molar-refractivity contribution in [2.45, 2.75) is 45.2 Å². The number of hydrogen-bond donors (Lipinski definition) is 2. The highest BCUT2D eigenvalue weighted by Gasteiger charge is 2.34.